The van der Waals surface area contributed by atoms with Gasteiger partial charge in [0.25, 0.3) is 0 Å². The van der Waals surface area contributed by atoms with E-state index in [9.17, 15) is 0 Å². The highest BCUT2D eigenvalue weighted by Gasteiger charge is 2.66. The van der Waals surface area contributed by atoms with Gasteiger partial charge in [0.15, 0.2) is 0 Å². The van der Waals surface area contributed by atoms with Gasteiger partial charge >= 0.3 is 0 Å². The molecule has 0 aromatic rings. The molecule has 0 atom stereocenters. The quantitative estimate of drug-likeness (QED) is 0.525. The van der Waals surface area contributed by atoms with E-state index in [2.05, 4.69) is 11.8 Å². The summed E-state index contributed by atoms with van der Waals surface area (Å²) in [7, 11) is 0. The molecule has 2 aliphatic carbocycles. The highest BCUT2D eigenvalue weighted by atomic mass is 32.2. The molecular weight excluding hydrogens is 176 g/mol. The minimum atomic E-state index is 0.811. The maximum Gasteiger partial charge on any atom is 0.0313 e. The van der Waals surface area contributed by atoms with Crippen LogP contribution in [0.3, 0.4) is 0 Å². The first-order chi connectivity index (χ1) is 6.37. The van der Waals surface area contributed by atoms with Crippen molar-refractivity contribution in [2.24, 2.45) is 0 Å². The van der Waals surface area contributed by atoms with E-state index >= 15 is 0 Å². The zero-order valence-corrected chi connectivity index (χ0v) is 9.30. The summed E-state index contributed by atoms with van der Waals surface area (Å²) in [5.41, 5.74) is 0. The minimum Gasteiger partial charge on any atom is -0.145 e. The summed E-state index contributed by atoms with van der Waals surface area (Å²) in [6.45, 7) is 0. The fourth-order valence-electron chi connectivity index (χ4n) is 3.71. The van der Waals surface area contributed by atoms with Gasteiger partial charge in [-0.3, -0.25) is 0 Å². The Balaban J connectivity index is 1.73. The first-order valence-corrected chi connectivity index (χ1v) is 6.89. The molecule has 3 fully saturated rings. The Morgan fingerprint density at radius 2 is 0.923 bits per heavy atom. The Morgan fingerprint density at radius 3 is 1.31 bits per heavy atom. The van der Waals surface area contributed by atoms with Gasteiger partial charge in [-0.15, -0.1) is 11.8 Å². The van der Waals surface area contributed by atoms with Gasteiger partial charge in [0.1, 0.15) is 0 Å². The molecule has 1 saturated heterocycles. The lowest BCUT2D eigenvalue weighted by Gasteiger charge is -2.29. The molecule has 2 saturated carbocycles. The second kappa shape index (κ2) is 2.92. The Labute approximate surface area is 85.9 Å². The average Bonchev–Trinajstić information content (AvgIpc) is 2.74. The summed E-state index contributed by atoms with van der Waals surface area (Å²) in [4.78, 5) is 0. The molecule has 3 aliphatic rings. The van der Waals surface area contributed by atoms with Gasteiger partial charge < -0.3 is 0 Å². The number of thioether (sulfide) groups is 1. The molecule has 1 aliphatic heterocycles. The van der Waals surface area contributed by atoms with Crippen molar-refractivity contribution in [2.75, 3.05) is 0 Å². The van der Waals surface area contributed by atoms with Gasteiger partial charge in [-0.2, -0.15) is 0 Å². The van der Waals surface area contributed by atoms with Crippen molar-refractivity contribution in [2.45, 2.75) is 73.7 Å². The van der Waals surface area contributed by atoms with E-state index in [-0.39, 0.29) is 0 Å². The van der Waals surface area contributed by atoms with Crippen LogP contribution in [0.4, 0.5) is 0 Å². The number of hydrogen-bond acceptors (Lipinski definition) is 1. The largest absolute Gasteiger partial charge is 0.145 e. The van der Waals surface area contributed by atoms with Crippen LogP contribution in [0.5, 0.6) is 0 Å². The van der Waals surface area contributed by atoms with Crippen LogP contribution in [0.1, 0.15) is 64.2 Å². The fourth-order valence-corrected chi connectivity index (χ4v) is 5.80. The molecule has 2 spiro atoms. The van der Waals surface area contributed by atoms with E-state index in [0.29, 0.717) is 0 Å². The van der Waals surface area contributed by atoms with Crippen LogP contribution in [0.2, 0.25) is 0 Å². The smallest absolute Gasteiger partial charge is 0.0313 e. The monoisotopic (exact) mass is 196 g/mol. The van der Waals surface area contributed by atoms with E-state index < -0.39 is 0 Å². The van der Waals surface area contributed by atoms with Gasteiger partial charge in [-0.05, 0) is 25.7 Å². The maximum absolute atomic E-state index is 2.38. The lowest BCUT2D eigenvalue weighted by atomic mass is 9.73. The maximum atomic E-state index is 2.38. The van der Waals surface area contributed by atoms with Crippen molar-refractivity contribution in [1.29, 1.82) is 0 Å². The second-order valence-electron chi connectivity index (χ2n) is 5.21. The van der Waals surface area contributed by atoms with Crippen molar-refractivity contribution in [3.05, 3.63) is 0 Å². The van der Waals surface area contributed by atoms with Crippen LogP contribution in [0, 0.1) is 0 Å². The molecule has 13 heavy (non-hydrogen) atoms. The zero-order chi connectivity index (χ0) is 8.78. The van der Waals surface area contributed by atoms with Gasteiger partial charge in [-0.25, -0.2) is 0 Å². The Morgan fingerprint density at radius 1 is 0.538 bits per heavy atom. The summed E-state index contributed by atoms with van der Waals surface area (Å²) < 4.78 is 1.62. The summed E-state index contributed by atoms with van der Waals surface area (Å²) in [6.07, 6.45) is 15.3. The van der Waals surface area contributed by atoms with Crippen LogP contribution >= 0.6 is 11.8 Å². The third kappa shape index (κ3) is 1.19. The molecule has 0 nitrogen and oxygen atoms in total. The average molecular weight is 196 g/mol. The molecule has 1 heteroatoms. The van der Waals surface area contributed by atoms with Crippen LogP contribution in [-0.2, 0) is 0 Å². The standard InChI is InChI=1S/C12H20S/c1-3-7-11(8-4-1)12(13-11)9-5-2-6-10-12/h1-10H2. The first-order valence-electron chi connectivity index (χ1n) is 6.07. The van der Waals surface area contributed by atoms with Crippen molar-refractivity contribution in [1.82, 2.24) is 0 Å². The molecule has 74 valence electrons. The SMILES string of the molecule is C1CCC2(CC1)SC21CCCCC1. The summed E-state index contributed by atoms with van der Waals surface area (Å²) >= 11 is 2.38. The van der Waals surface area contributed by atoms with E-state index in [1.165, 1.54) is 38.5 Å². The second-order valence-corrected chi connectivity index (χ2v) is 6.98. The molecule has 0 bridgehead atoms. The lowest BCUT2D eigenvalue weighted by molar-refractivity contribution is 0.313. The predicted octanol–water partition coefficient (Wildman–Crippen LogP) is 4.14. The molecule has 0 aromatic carbocycles. The third-order valence-corrected chi connectivity index (χ3v) is 6.68. The van der Waals surface area contributed by atoms with Crippen LogP contribution in [0.15, 0.2) is 0 Å². The first kappa shape index (κ1) is 8.64. The van der Waals surface area contributed by atoms with Gasteiger partial charge in [0, 0.05) is 9.49 Å². The van der Waals surface area contributed by atoms with Crippen molar-refractivity contribution >= 4 is 11.8 Å². The Kier molecular flexibility index (Phi) is 1.94. The van der Waals surface area contributed by atoms with Crippen molar-refractivity contribution in [3.63, 3.8) is 0 Å². The number of rotatable bonds is 0. The molecule has 3 rings (SSSR count). The van der Waals surface area contributed by atoms with Crippen LogP contribution in [0.25, 0.3) is 0 Å². The number of fused-ring (bicyclic) bond motifs is 1. The van der Waals surface area contributed by atoms with Gasteiger partial charge in [0.05, 0.1) is 0 Å². The van der Waals surface area contributed by atoms with Gasteiger partial charge in [0.2, 0.25) is 0 Å². The zero-order valence-electron chi connectivity index (χ0n) is 8.48. The summed E-state index contributed by atoms with van der Waals surface area (Å²) in [5.74, 6) is 0. The molecule has 0 aromatic heterocycles. The highest BCUT2D eigenvalue weighted by Crippen LogP contribution is 2.74. The van der Waals surface area contributed by atoms with E-state index in [1.54, 1.807) is 25.7 Å². The van der Waals surface area contributed by atoms with E-state index in [4.69, 9.17) is 0 Å². The molecule has 0 radical (unpaired) electrons. The van der Waals surface area contributed by atoms with Crippen molar-refractivity contribution in [3.8, 4) is 0 Å². The van der Waals surface area contributed by atoms with Crippen LogP contribution < -0.4 is 0 Å². The predicted molar refractivity (Wildman–Crippen MR) is 59.2 cm³/mol. The molecular formula is C12H20S. The molecule has 0 amide bonds. The lowest BCUT2D eigenvalue weighted by Crippen LogP contribution is -2.30. The number of hydrogen-bond donors (Lipinski definition) is 0. The Hall–Kier alpha value is 0.350. The molecule has 0 N–H and O–H groups in total. The Bertz CT molecular complexity index is 175. The summed E-state index contributed by atoms with van der Waals surface area (Å²) in [6, 6.07) is 0. The van der Waals surface area contributed by atoms with Crippen LogP contribution in [-0.4, -0.2) is 9.49 Å². The van der Waals surface area contributed by atoms with Gasteiger partial charge in [-0.1, -0.05) is 38.5 Å². The van der Waals surface area contributed by atoms with Crippen molar-refractivity contribution < 1.29 is 0 Å². The topological polar surface area (TPSA) is 0 Å². The normalized spacial score (nSPS) is 35.1. The summed E-state index contributed by atoms with van der Waals surface area (Å²) in [5, 5.41) is 0. The molecule has 0 unspecified atom stereocenters. The van der Waals surface area contributed by atoms with E-state index in [0.717, 1.165) is 9.49 Å². The van der Waals surface area contributed by atoms with E-state index in [1.807, 2.05) is 0 Å². The highest BCUT2D eigenvalue weighted by molar-refractivity contribution is 8.09. The minimum absolute atomic E-state index is 0.811. The fraction of sp³-hybridized carbons (Fsp3) is 1.00. The molecule has 1 heterocycles. The third-order valence-electron chi connectivity index (χ3n) is 4.50.